The van der Waals surface area contributed by atoms with Crippen molar-refractivity contribution in [1.82, 2.24) is 19.9 Å². The molecule has 0 atom stereocenters. The van der Waals surface area contributed by atoms with E-state index in [4.69, 9.17) is 20.0 Å². The van der Waals surface area contributed by atoms with Crippen LogP contribution in [0.25, 0.3) is 22.3 Å². The van der Waals surface area contributed by atoms with Crippen molar-refractivity contribution in [2.45, 2.75) is 25.4 Å². The van der Waals surface area contributed by atoms with Gasteiger partial charge >= 0.3 is 0 Å². The van der Waals surface area contributed by atoms with Gasteiger partial charge in [-0.05, 0) is 42.7 Å². The zero-order valence-corrected chi connectivity index (χ0v) is 20.3. The minimum atomic E-state index is -0.318. The first-order chi connectivity index (χ1) is 18.0. The summed E-state index contributed by atoms with van der Waals surface area (Å²) >= 11 is 0. The fraction of sp³-hybridized carbons (Fsp3) is 0.259. The van der Waals surface area contributed by atoms with Crippen molar-refractivity contribution in [3.05, 3.63) is 66.1 Å². The van der Waals surface area contributed by atoms with Crippen molar-refractivity contribution in [2.24, 2.45) is 0 Å². The van der Waals surface area contributed by atoms with Crippen molar-refractivity contribution >= 4 is 28.4 Å². The summed E-state index contributed by atoms with van der Waals surface area (Å²) in [5, 5.41) is 22.7. The fourth-order valence-corrected chi connectivity index (χ4v) is 4.39. The zero-order chi connectivity index (χ0) is 25.8. The molecule has 0 bridgehead atoms. The van der Waals surface area contributed by atoms with Gasteiger partial charge in [0.05, 0.1) is 54.6 Å². The second-order valence-corrected chi connectivity index (χ2v) is 8.79. The standard InChI is InChI=1S/C27H25N7O3/c1-37-22-16-29-15-21-25(22)27(34-9-6-20(35)7-10-34)33-26(31-21)19-5-8-30-23(13-19)32-24(36)12-17-3-2-4-18(11-17)14-28/h2-5,8,11,13,15-16,20,35H,6-7,9-10,12H2,1H3,(H,30,32,36). The fourth-order valence-electron chi connectivity index (χ4n) is 4.39. The number of piperidine rings is 1. The lowest BCUT2D eigenvalue weighted by molar-refractivity contribution is -0.115. The predicted octanol–water partition coefficient (Wildman–Crippen LogP) is 3.11. The molecule has 1 saturated heterocycles. The third kappa shape index (κ3) is 5.32. The molecule has 0 unspecified atom stereocenters. The number of carbonyl (C=O) groups is 1. The van der Waals surface area contributed by atoms with Crippen molar-refractivity contribution in [2.75, 3.05) is 30.4 Å². The molecule has 2 N–H and O–H groups in total. The van der Waals surface area contributed by atoms with Gasteiger partial charge in [0, 0.05) is 24.8 Å². The summed E-state index contributed by atoms with van der Waals surface area (Å²) < 4.78 is 5.56. The molecule has 1 aromatic carbocycles. The van der Waals surface area contributed by atoms with Crippen LogP contribution < -0.4 is 15.0 Å². The highest BCUT2D eigenvalue weighted by Gasteiger charge is 2.23. The molecule has 1 aliphatic rings. The van der Waals surface area contributed by atoms with Gasteiger partial charge in [0.25, 0.3) is 0 Å². The quantitative estimate of drug-likeness (QED) is 0.413. The molecule has 10 heteroatoms. The molecule has 1 amide bonds. The van der Waals surface area contributed by atoms with E-state index in [9.17, 15) is 9.90 Å². The second kappa shape index (κ2) is 10.6. The smallest absolute Gasteiger partial charge is 0.229 e. The van der Waals surface area contributed by atoms with Crippen LogP contribution in [0.4, 0.5) is 11.6 Å². The van der Waals surface area contributed by atoms with Crippen LogP contribution in [-0.2, 0) is 11.2 Å². The monoisotopic (exact) mass is 495 g/mol. The molecule has 5 rings (SSSR count). The average molecular weight is 496 g/mol. The molecule has 37 heavy (non-hydrogen) atoms. The molecule has 1 aliphatic heterocycles. The molecule has 4 heterocycles. The van der Waals surface area contributed by atoms with Crippen LogP contribution in [-0.4, -0.2) is 57.3 Å². The topological polar surface area (TPSA) is 137 Å². The van der Waals surface area contributed by atoms with Crippen LogP contribution in [0.1, 0.15) is 24.0 Å². The van der Waals surface area contributed by atoms with Gasteiger partial charge in [0.1, 0.15) is 17.4 Å². The molecule has 1 fully saturated rings. The van der Waals surface area contributed by atoms with Crippen molar-refractivity contribution in [3.63, 3.8) is 0 Å². The second-order valence-electron chi connectivity index (χ2n) is 8.79. The van der Waals surface area contributed by atoms with E-state index in [1.54, 1.807) is 62.1 Å². The van der Waals surface area contributed by atoms with E-state index in [-0.39, 0.29) is 18.4 Å². The van der Waals surface area contributed by atoms with E-state index in [1.165, 1.54) is 0 Å². The number of carbonyl (C=O) groups excluding carboxylic acids is 1. The Morgan fingerprint density at radius 1 is 1.22 bits per heavy atom. The Bertz CT molecular complexity index is 1490. The number of methoxy groups -OCH3 is 1. The number of aliphatic hydroxyl groups is 1. The Hall–Kier alpha value is -4.62. The lowest BCUT2D eigenvalue weighted by Gasteiger charge is -2.31. The number of aromatic nitrogens is 4. The maximum Gasteiger partial charge on any atom is 0.229 e. The number of nitrogens with one attached hydrogen (secondary N) is 1. The number of anilines is 2. The van der Waals surface area contributed by atoms with E-state index in [0.29, 0.717) is 65.8 Å². The Balaban J connectivity index is 1.46. The molecule has 3 aromatic heterocycles. The van der Waals surface area contributed by atoms with Crippen LogP contribution >= 0.6 is 0 Å². The number of hydrogen-bond acceptors (Lipinski definition) is 9. The number of ether oxygens (including phenoxy) is 1. The van der Waals surface area contributed by atoms with Gasteiger partial charge in [-0.3, -0.25) is 9.78 Å². The van der Waals surface area contributed by atoms with E-state index in [0.717, 1.165) is 10.9 Å². The highest BCUT2D eigenvalue weighted by molar-refractivity contribution is 5.96. The largest absolute Gasteiger partial charge is 0.494 e. The molecule has 4 aromatic rings. The molecule has 186 valence electrons. The van der Waals surface area contributed by atoms with Crippen LogP contribution in [0.2, 0.25) is 0 Å². The van der Waals surface area contributed by atoms with Gasteiger partial charge in [0.2, 0.25) is 5.91 Å². The maximum atomic E-state index is 12.6. The van der Waals surface area contributed by atoms with Gasteiger partial charge in [-0.1, -0.05) is 12.1 Å². The van der Waals surface area contributed by atoms with Crippen LogP contribution in [0.3, 0.4) is 0 Å². The number of hydrogen-bond donors (Lipinski definition) is 2. The van der Waals surface area contributed by atoms with Gasteiger partial charge < -0.3 is 20.1 Å². The molecule has 0 aliphatic carbocycles. The molecule has 0 spiro atoms. The summed E-state index contributed by atoms with van der Waals surface area (Å²) in [7, 11) is 1.59. The van der Waals surface area contributed by atoms with Gasteiger partial charge in [-0.25, -0.2) is 15.0 Å². The number of benzene rings is 1. The van der Waals surface area contributed by atoms with Crippen LogP contribution in [0, 0.1) is 11.3 Å². The van der Waals surface area contributed by atoms with Gasteiger partial charge in [-0.15, -0.1) is 0 Å². The third-order valence-electron chi connectivity index (χ3n) is 6.24. The Labute approximate surface area is 213 Å². The van der Waals surface area contributed by atoms with E-state index >= 15 is 0 Å². The Morgan fingerprint density at radius 2 is 2.05 bits per heavy atom. The normalized spacial score (nSPS) is 13.8. The van der Waals surface area contributed by atoms with Gasteiger partial charge in [-0.2, -0.15) is 5.26 Å². The summed E-state index contributed by atoms with van der Waals surface area (Å²) in [6.07, 6.45) is 6.00. The summed E-state index contributed by atoms with van der Waals surface area (Å²) in [5.41, 5.74) is 2.55. The Morgan fingerprint density at radius 3 is 2.84 bits per heavy atom. The summed E-state index contributed by atoms with van der Waals surface area (Å²) in [4.78, 5) is 32.9. The summed E-state index contributed by atoms with van der Waals surface area (Å²) in [6, 6.07) is 12.5. The highest BCUT2D eigenvalue weighted by Crippen LogP contribution is 2.35. The zero-order valence-electron chi connectivity index (χ0n) is 20.3. The molecule has 10 nitrogen and oxygen atoms in total. The van der Waals surface area contributed by atoms with E-state index < -0.39 is 0 Å². The SMILES string of the molecule is COc1cncc2nc(-c3ccnc(NC(=O)Cc4cccc(C#N)c4)c3)nc(N3CCC(O)CC3)c12. The minimum absolute atomic E-state index is 0.115. The molecule has 0 saturated carbocycles. The summed E-state index contributed by atoms with van der Waals surface area (Å²) in [5.74, 6) is 1.87. The minimum Gasteiger partial charge on any atom is -0.494 e. The highest BCUT2D eigenvalue weighted by atomic mass is 16.5. The first kappa shape index (κ1) is 24.1. The molecular weight excluding hydrogens is 470 g/mol. The number of nitrogens with zero attached hydrogens (tertiary/aromatic N) is 6. The summed E-state index contributed by atoms with van der Waals surface area (Å²) in [6.45, 7) is 1.31. The first-order valence-corrected chi connectivity index (χ1v) is 11.9. The van der Waals surface area contributed by atoms with E-state index in [2.05, 4.69) is 26.3 Å². The maximum absolute atomic E-state index is 12.6. The molecule has 0 radical (unpaired) electrons. The number of aliphatic hydroxyl groups excluding tert-OH is 1. The Kier molecular flexibility index (Phi) is 6.87. The third-order valence-corrected chi connectivity index (χ3v) is 6.24. The first-order valence-electron chi connectivity index (χ1n) is 11.9. The number of pyridine rings is 2. The van der Waals surface area contributed by atoms with Crippen molar-refractivity contribution in [3.8, 4) is 23.2 Å². The van der Waals surface area contributed by atoms with Gasteiger partial charge in [0.15, 0.2) is 5.82 Å². The number of nitriles is 1. The number of rotatable bonds is 6. The predicted molar refractivity (Wildman–Crippen MR) is 138 cm³/mol. The van der Waals surface area contributed by atoms with Crippen molar-refractivity contribution in [1.29, 1.82) is 5.26 Å². The van der Waals surface area contributed by atoms with Crippen LogP contribution in [0.5, 0.6) is 5.75 Å². The average Bonchev–Trinajstić information content (AvgIpc) is 2.92. The van der Waals surface area contributed by atoms with E-state index in [1.807, 2.05) is 0 Å². The number of fused-ring (bicyclic) bond motifs is 1. The lowest BCUT2D eigenvalue weighted by atomic mass is 10.1. The molecular formula is C27H25N7O3. The van der Waals surface area contributed by atoms with Crippen molar-refractivity contribution < 1.29 is 14.6 Å². The van der Waals surface area contributed by atoms with Crippen LogP contribution in [0.15, 0.2) is 55.0 Å². The number of amides is 1. The lowest BCUT2D eigenvalue weighted by Crippen LogP contribution is -2.36.